The van der Waals surface area contributed by atoms with Gasteiger partial charge in [-0.1, -0.05) is 42.1 Å². The van der Waals surface area contributed by atoms with Crippen LogP contribution in [0, 0.1) is 0 Å². The summed E-state index contributed by atoms with van der Waals surface area (Å²) in [6, 6.07) is 13.2. The normalized spacial score (nSPS) is 18.8. The van der Waals surface area contributed by atoms with Gasteiger partial charge in [0, 0.05) is 41.9 Å². The molecule has 0 unspecified atom stereocenters. The molecule has 1 amide bonds. The molecule has 190 valence electrons. The summed E-state index contributed by atoms with van der Waals surface area (Å²) in [4.78, 5) is 53.0. The van der Waals surface area contributed by atoms with Crippen LogP contribution in [0.4, 0.5) is 5.69 Å². The highest BCUT2D eigenvalue weighted by Crippen LogP contribution is 2.42. The molecule has 37 heavy (non-hydrogen) atoms. The number of aryl methyl sites for hydroxylation is 1. The summed E-state index contributed by atoms with van der Waals surface area (Å²) in [7, 11) is 1.53. The van der Waals surface area contributed by atoms with Crippen LogP contribution in [0.3, 0.4) is 0 Å². The molecule has 0 saturated carbocycles. The molecule has 2 N–H and O–H groups in total. The molecule has 0 bridgehead atoms. The summed E-state index contributed by atoms with van der Waals surface area (Å²) in [6.45, 7) is 0.721. The van der Waals surface area contributed by atoms with Gasteiger partial charge in [0.05, 0.1) is 11.7 Å². The Balaban J connectivity index is 1.27. The van der Waals surface area contributed by atoms with Gasteiger partial charge < -0.3 is 15.2 Å². The van der Waals surface area contributed by atoms with E-state index < -0.39 is 23.1 Å². The van der Waals surface area contributed by atoms with Crippen molar-refractivity contribution in [3.63, 3.8) is 0 Å². The van der Waals surface area contributed by atoms with Crippen molar-refractivity contribution in [3.05, 3.63) is 92.4 Å². The molecule has 0 spiro atoms. The number of β-lactam (4-membered cyclic amide) rings is 1. The van der Waals surface area contributed by atoms with Gasteiger partial charge >= 0.3 is 11.1 Å². The molecular formula is C24H22N6O5S2. The number of carbonyl (C=O) groups is 2. The molecule has 1 aromatic carbocycles. The van der Waals surface area contributed by atoms with Crippen molar-refractivity contribution < 1.29 is 19.3 Å². The quantitative estimate of drug-likeness (QED) is 0.165. The second kappa shape index (κ2) is 10.3. The van der Waals surface area contributed by atoms with Gasteiger partial charge in [-0.25, -0.2) is 4.57 Å². The number of hydrogen-bond donors (Lipinski definition) is 2. The van der Waals surface area contributed by atoms with E-state index in [9.17, 15) is 24.3 Å². The Hall–Kier alpha value is -3.84. The Kier molecular flexibility index (Phi) is 6.89. The summed E-state index contributed by atoms with van der Waals surface area (Å²) in [5, 5.41) is 17.4. The number of aliphatic carboxylic acids is 1. The lowest BCUT2D eigenvalue weighted by molar-refractivity contribution is -0.688. The maximum atomic E-state index is 13.0. The molecule has 0 aliphatic carbocycles. The number of carbonyl (C=O) groups excluding carboxylic acids is 2. The van der Waals surface area contributed by atoms with Crippen molar-refractivity contribution in [2.75, 3.05) is 16.8 Å². The van der Waals surface area contributed by atoms with Crippen LogP contribution >= 0.6 is 23.5 Å². The summed E-state index contributed by atoms with van der Waals surface area (Å²) >= 11 is 2.55. The molecule has 13 heteroatoms. The van der Waals surface area contributed by atoms with Gasteiger partial charge in [-0.15, -0.1) is 11.8 Å². The molecular weight excluding hydrogens is 516 g/mol. The average Bonchev–Trinajstić information content (AvgIpc) is 2.89. The Labute approximate surface area is 219 Å². The first-order chi connectivity index (χ1) is 17.8. The van der Waals surface area contributed by atoms with Crippen molar-refractivity contribution >= 4 is 41.1 Å². The first kappa shape index (κ1) is 24.8. The fraction of sp³-hybridized carbons (Fsp3) is 0.250. The van der Waals surface area contributed by atoms with E-state index in [0.717, 1.165) is 24.0 Å². The lowest BCUT2D eigenvalue weighted by Crippen LogP contribution is -2.68. The van der Waals surface area contributed by atoms with Crippen LogP contribution in [0.1, 0.15) is 5.56 Å². The summed E-state index contributed by atoms with van der Waals surface area (Å²) in [5.74, 6) is -1.25. The average molecular weight is 539 g/mol. The highest BCUT2D eigenvalue weighted by Gasteiger charge is 2.52. The van der Waals surface area contributed by atoms with Gasteiger partial charge in [0.2, 0.25) is 0 Å². The number of carboxylic acid groups (broad SMARTS) is 1. The molecule has 5 rings (SSSR count). The van der Waals surface area contributed by atoms with Crippen LogP contribution in [-0.4, -0.2) is 54.5 Å². The molecule has 1 saturated heterocycles. The van der Waals surface area contributed by atoms with Crippen LogP contribution in [0.25, 0.3) is 0 Å². The van der Waals surface area contributed by atoms with E-state index in [1.165, 1.54) is 34.0 Å². The number of fused-ring (bicyclic) bond motifs is 1. The van der Waals surface area contributed by atoms with E-state index >= 15 is 0 Å². The van der Waals surface area contributed by atoms with E-state index in [-0.39, 0.29) is 27.9 Å². The predicted octanol–water partition coefficient (Wildman–Crippen LogP) is -0.704. The topological polar surface area (TPSA) is 144 Å². The zero-order valence-corrected chi connectivity index (χ0v) is 21.3. The Bertz CT molecular complexity index is 1500. The minimum absolute atomic E-state index is 0.150. The van der Waals surface area contributed by atoms with Gasteiger partial charge in [0.25, 0.3) is 5.91 Å². The first-order valence-electron chi connectivity index (χ1n) is 11.3. The maximum Gasteiger partial charge on any atom is 0.339 e. The standard InChI is InChI=1S/C24H22N6O5S2/c1-28-24(26-19(31)20(32)27-28)37-13-15-12-36-22-17(21(33)30(22)18(15)23(34)35)25-16-7-9-29(10-8-16)11-14-5-3-2-4-6-14/h2-10,17,22H,11-13H2,1H3,(H2,27,32,34,35)/t17-,22-/m1/s1. The van der Waals surface area contributed by atoms with E-state index in [1.54, 1.807) is 0 Å². The van der Waals surface area contributed by atoms with Gasteiger partial charge in [-0.3, -0.25) is 29.1 Å². The number of pyridine rings is 1. The van der Waals surface area contributed by atoms with Crippen molar-refractivity contribution in [2.24, 2.45) is 7.05 Å². The number of hydrogen-bond acceptors (Lipinski definition) is 9. The maximum absolute atomic E-state index is 13.0. The highest BCUT2D eigenvalue weighted by molar-refractivity contribution is 8.01. The number of nitrogens with one attached hydrogen (secondary N) is 2. The second-order valence-corrected chi connectivity index (χ2v) is 10.6. The zero-order chi connectivity index (χ0) is 26.1. The highest BCUT2D eigenvalue weighted by atomic mass is 32.2. The molecule has 2 aliphatic rings. The second-order valence-electron chi connectivity index (χ2n) is 8.50. The number of thioether (sulfide) groups is 2. The number of nitrogens with zero attached hydrogens (tertiary/aromatic N) is 4. The Morgan fingerprint density at radius 1 is 1.22 bits per heavy atom. The van der Waals surface area contributed by atoms with Crippen molar-refractivity contribution in [2.45, 2.75) is 23.1 Å². The number of amides is 1. The van der Waals surface area contributed by atoms with E-state index in [0.29, 0.717) is 11.3 Å². The van der Waals surface area contributed by atoms with Gasteiger partial charge in [0.1, 0.15) is 11.4 Å². The van der Waals surface area contributed by atoms with Crippen LogP contribution < -0.4 is 26.1 Å². The minimum atomic E-state index is -1.43. The number of aromatic nitrogens is 4. The fourth-order valence-electron chi connectivity index (χ4n) is 4.16. The van der Waals surface area contributed by atoms with Crippen LogP contribution in [0.5, 0.6) is 0 Å². The van der Waals surface area contributed by atoms with Gasteiger partial charge in [0.15, 0.2) is 24.1 Å². The monoisotopic (exact) mass is 538 g/mol. The third-order valence-corrected chi connectivity index (χ3v) is 8.44. The fourth-order valence-corrected chi connectivity index (χ4v) is 6.56. The van der Waals surface area contributed by atoms with E-state index in [1.807, 2.05) is 47.3 Å². The number of H-pyrrole nitrogens is 1. The third kappa shape index (κ3) is 5.04. The number of benzene rings is 1. The number of carboxylic acids is 1. The summed E-state index contributed by atoms with van der Waals surface area (Å²) < 4.78 is 3.32. The van der Waals surface area contributed by atoms with E-state index in [2.05, 4.69) is 27.5 Å². The lowest BCUT2D eigenvalue weighted by Gasteiger charge is -2.51. The van der Waals surface area contributed by atoms with Crippen LogP contribution in [0.2, 0.25) is 0 Å². The largest absolute Gasteiger partial charge is 0.543 e. The first-order valence-corrected chi connectivity index (χ1v) is 13.3. The summed E-state index contributed by atoms with van der Waals surface area (Å²) in [6.07, 6.45) is 3.84. The van der Waals surface area contributed by atoms with Crippen molar-refractivity contribution in [3.8, 4) is 0 Å². The van der Waals surface area contributed by atoms with Gasteiger partial charge in [-0.05, 0) is 5.57 Å². The number of rotatable bonds is 8. The molecule has 3 aromatic rings. The van der Waals surface area contributed by atoms with Crippen molar-refractivity contribution in [1.82, 2.24) is 19.7 Å². The number of aromatic amines is 1. The Morgan fingerprint density at radius 2 is 1.95 bits per heavy atom. The molecule has 11 nitrogen and oxygen atoms in total. The smallest absolute Gasteiger partial charge is 0.339 e. The predicted molar refractivity (Wildman–Crippen MR) is 136 cm³/mol. The third-order valence-electron chi connectivity index (χ3n) is 5.98. The van der Waals surface area contributed by atoms with Crippen LogP contribution in [0.15, 0.2) is 80.9 Å². The van der Waals surface area contributed by atoms with Crippen molar-refractivity contribution in [1.29, 1.82) is 0 Å². The summed E-state index contributed by atoms with van der Waals surface area (Å²) in [5.41, 5.74) is 0.500. The lowest BCUT2D eigenvalue weighted by atomic mass is 10.0. The van der Waals surface area contributed by atoms with Crippen LogP contribution in [-0.2, 0) is 23.2 Å². The molecule has 0 radical (unpaired) electrons. The minimum Gasteiger partial charge on any atom is -0.543 e. The number of anilines is 1. The van der Waals surface area contributed by atoms with E-state index in [4.69, 9.17) is 0 Å². The van der Waals surface area contributed by atoms with Gasteiger partial charge in [-0.2, -0.15) is 4.98 Å². The molecule has 1 fully saturated rings. The molecule has 2 aromatic heterocycles. The zero-order valence-electron chi connectivity index (χ0n) is 19.6. The molecule has 4 heterocycles. The SMILES string of the molecule is Cn1[nH]c(=O)c(=O)nc1SCC1=C(C(=O)[O-])N2C(=O)[C@@H](Nc3cc[n+](Cc4ccccc4)cc3)[C@H]2SC1. The Morgan fingerprint density at radius 3 is 2.65 bits per heavy atom. The molecule has 2 aliphatic heterocycles. The molecule has 2 atom stereocenters.